The van der Waals surface area contributed by atoms with Gasteiger partial charge >= 0.3 is 0 Å². The second-order valence-electron chi connectivity index (χ2n) is 5.16. The van der Waals surface area contributed by atoms with Crippen LogP contribution in [0.15, 0.2) is 0 Å². The summed E-state index contributed by atoms with van der Waals surface area (Å²) in [6.07, 6.45) is 2.13. The average Bonchev–Trinajstić information content (AvgIpc) is 2.52. The molecule has 1 aliphatic rings. The Balaban J connectivity index is 2.57. The topological polar surface area (TPSA) is 64.3 Å². The first kappa shape index (κ1) is 14.5. The van der Waals surface area contributed by atoms with Gasteiger partial charge in [0.2, 0.25) is 5.91 Å². The van der Waals surface area contributed by atoms with Crippen molar-refractivity contribution in [3.63, 3.8) is 0 Å². The highest BCUT2D eigenvalue weighted by Crippen LogP contribution is 2.32. The van der Waals surface area contributed by atoms with E-state index in [1.54, 1.807) is 0 Å². The van der Waals surface area contributed by atoms with Crippen molar-refractivity contribution in [3.8, 4) is 0 Å². The Hall–Kier alpha value is -0.610. The summed E-state index contributed by atoms with van der Waals surface area (Å²) in [5, 5.41) is 3.05. The number of carbonyl (C=O) groups excluding carboxylic acids is 1. The van der Waals surface area contributed by atoms with E-state index in [1.807, 2.05) is 13.8 Å². The monoisotopic (exact) mass is 242 g/mol. The molecule has 1 heterocycles. The van der Waals surface area contributed by atoms with E-state index in [1.165, 1.54) is 0 Å². The van der Waals surface area contributed by atoms with Gasteiger partial charge in [0.25, 0.3) is 0 Å². The summed E-state index contributed by atoms with van der Waals surface area (Å²) in [5.74, 6) is 0.319. The first-order valence-corrected chi connectivity index (χ1v) is 6.67. The highest BCUT2D eigenvalue weighted by Gasteiger charge is 2.41. The molecule has 1 aliphatic heterocycles. The Labute approximate surface area is 104 Å². The molecule has 1 amide bonds. The lowest BCUT2D eigenvalue weighted by Crippen LogP contribution is -2.45. The second kappa shape index (κ2) is 6.36. The Morgan fingerprint density at radius 3 is 2.41 bits per heavy atom. The van der Waals surface area contributed by atoms with Gasteiger partial charge in [0.15, 0.2) is 0 Å². The van der Waals surface area contributed by atoms with Crippen molar-refractivity contribution in [2.45, 2.75) is 58.8 Å². The van der Waals surface area contributed by atoms with Crippen molar-refractivity contribution in [1.29, 1.82) is 0 Å². The van der Waals surface area contributed by atoms with E-state index in [0.29, 0.717) is 6.54 Å². The largest absolute Gasteiger partial charge is 0.374 e. The summed E-state index contributed by atoms with van der Waals surface area (Å²) < 4.78 is 5.69. The molecule has 0 aliphatic carbocycles. The first-order chi connectivity index (χ1) is 8.01. The van der Waals surface area contributed by atoms with Gasteiger partial charge in [-0.3, -0.25) is 4.79 Å². The third-order valence-corrected chi connectivity index (χ3v) is 3.81. The maximum Gasteiger partial charge on any atom is 0.226 e. The number of hydrogen-bond donors (Lipinski definition) is 2. The van der Waals surface area contributed by atoms with Crippen molar-refractivity contribution >= 4 is 5.91 Å². The van der Waals surface area contributed by atoms with Crippen LogP contribution in [0.25, 0.3) is 0 Å². The number of hydrogen-bond acceptors (Lipinski definition) is 3. The summed E-state index contributed by atoms with van der Waals surface area (Å²) in [6, 6.07) is 0.0998. The van der Waals surface area contributed by atoms with Crippen LogP contribution >= 0.6 is 0 Å². The second-order valence-corrected chi connectivity index (χ2v) is 5.16. The van der Waals surface area contributed by atoms with Crippen molar-refractivity contribution in [2.75, 3.05) is 6.54 Å². The molecule has 4 nitrogen and oxygen atoms in total. The van der Waals surface area contributed by atoms with E-state index in [2.05, 4.69) is 19.2 Å². The maximum absolute atomic E-state index is 12.2. The molecule has 5 atom stereocenters. The lowest BCUT2D eigenvalue weighted by Gasteiger charge is -2.22. The van der Waals surface area contributed by atoms with Crippen LogP contribution in [0.3, 0.4) is 0 Å². The first-order valence-electron chi connectivity index (χ1n) is 6.67. The highest BCUT2D eigenvalue weighted by atomic mass is 16.5. The summed E-state index contributed by atoms with van der Waals surface area (Å²) in [7, 11) is 0. The van der Waals surface area contributed by atoms with Crippen molar-refractivity contribution < 1.29 is 9.53 Å². The molecule has 0 aromatic rings. The molecular formula is C13H26N2O2. The maximum atomic E-state index is 12.2. The number of ether oxygens (including phenoxy) is 1. The van der Waals surface area contributed by atoms with Crippen molar-refractivity contribution in [3.05, 3.63) is 0 Å². The standard InChI is InChI=1S/C13H26N2O2/c1-5-6-11(7-14)15-13(16)12-8(2)9(3)17-10(12)4/h8-12H,5-7,14H2,1-4H3,(H,15,16). The summed E-state index contributed by atoms with van der Waals surface area (Å²) in [6.45, 7) is 8.68. The Bertz CT molecular complexity index is 258. The van der Waals surface area contributed by atoms with Gasteiger partial charge in [-0.05, 0) is 26.2 Å². The zero-order chi connectivity index (χ0) is 13.0. The molecule has 1 saturated heterocycles. The molecule has 0 aromatic heterocycles. The van der Waals surface area contributed by atoms with Gasteiger partial charge in [-0.25, -0.2) is 0 Å². The number of nitrogens with two attached hydrogens (primary N) is 1. The number of carbonyl (C=O) groups is 1. The zero-order valence-corrected chi connectivity index (χ0v) is 11.4. The summed E-state index contributed by atoms with van der Waals surface area (Å²) in [4.78, 5) is 12.2. The quantitative estimate of drug-likeness (QED) is 0.763. The van der Waals surface area contributed by atoms with Crippen LogP contribution < -0.4 is 11.1 Å². The van der Waals surface area contributed by atoms with Gasteiger partial charge in [-0.15, -0.1) is 0 Å². The van der Waals surface area contributed by atoms with E-state index in [9.17, 15) is 4.79 Å². The number of amides is 1. The molecule has 100 valence electrons. The molecule has 17 heavy (non-hydrogen) atoms. The molecule has 5 unspecified atom stereocenters. The molecule has 0 bridgehead atoms. The van der Waals surface area contributed by atoms with E-state index < -0.39 is 0 Å². The van der Waals surface area contributed by atoms with Crippen molar-refractivity contribution in [2.24, 2.45) is 17.6 Å². The molecule has 1 fully saturated rings. The van der Waals surface area contributed by atoms with Gasteiger partial charge in [-0.2, -0.15) is 0 Å². The van der Waals surface area contributed by atoms with Crippen LogP contribution in [0.4, 0.5) is 0 Å². The average molecular weight is 242 g/mol. The molecule has 1 rings (SSSR count). The zero-order valence-electron chi connectivity index (χ0n) is 11.4. The smallest absolute Gasteiger partial charge is 0.226 e. The van der Waals surface area contributed by atoms with Gasteiger partial charge in [0.05, 0.1) is 18.1 Å². The highest BCUT2D eigenvalue weighted by molar-refractivity contribution is 5.80. The van der Waals surface area contributed by atoms with Crippen LogP contribution in [0.5, 0.6) is 0 Å². The fourth-order valence-electron chi connectivity index (χ4n) is 2.61. The number of nitrogens with one attached hydrogen (secondary N) is 1. The number of rotatable bonds is 5. The molecule has 3 N–H and O–H groups in total. The lowest BCUT2D eigenvalue weighted by molar-refractivity contribution is -0.127. The van der Waals surface area contributed by atoms with Crippen LogP contribution in [0, 0.1) is 11.8 Å². The Morgan fingerprint density at radius 1 is 1.35 bits per heavy atom. The van der Waals surface area contributed by atoms with Gasteiger partial charge in [0.1, 0.15) is 0 Å². The SMILES string of the molecule is CCCC(CN)NC(=O)C1C(C)OC(C)C1C. The van der Waals surface area contributed by atoms with Crippen LogP contribution in [-0.2, 0) is 9.53 Å². The fourth-order valence-corrected chi connectivity index (χ4v) is 2.61. The van der Waals surface area contributed by atoms with Crippen LogP contribution in [0.1, 0.15) is 40.5 Å². The molecule has 0 aromatic carbocycles. The molecular weight excluding hydrogens is 216 g/mol. The molecule has 4 heteroatoms. The van der Waals surface area contributed by atoms with Gasteiger partial charge in [0, 0.05) is 12.6 Å². The fraction of sp³-hybridized carbons (Fsp3) is 0.923. The van der Waals surface area contributed by atoms with E-state index in [4.69, 9.17) is 10.5 Å². The summed E-state index contributed by atoms with van der Waals surface area (Å²) >= 11 is 0. The van der Waals surface area contributed by atoms with Crippen LogP contribution in [-0.4, -0.2) is 30.7 Å². The normalized spacial score (nSPS) is 34.6. The minimum atomic E-state index is -0.0455. The third kappa shape index (κ3) is 3.42. The van der Waals surface area contributed by atoms with E-state index in [0.717, 1.165) is 12.8 Å². The van der Waals surface area contributed by atoms with Crippen molar-refractivity contribution in [1.82, 2.24) is 5.32 Å². The lowest BCUT2D eigenvalue weighted by atomic mass is 9.88. The van der Waals surface area contributed by atoms with Gasteiger partial charge in [-0.1, -0.05) is 20.3 Å². The van der Waals surface area contributed by atoms with E-state index in [-0.39, 0.29) is 36.0 Å². The Kier molecular flexibility index (Phi) is 5.40. The molecule has 0 radical (unpaired) electrons. The van der Waals surface area contributed by atoms with Crippen LogP contribution in [0.2, 0.25) is 0 Å². The predicted molar refractivity (Wildman–Crippen MR) is 68.6 cm³/mol. The minimum Gasteiger partial charge on any atom is -0.374 e. The molecule has 0 spiro atoms. The summed E-state index contributed by atoms with van der Waals surface area (Å²) in [5.41, 5.74) is 5.66. The van der Waals surface area contributed by atoms with Gasteiger partial charge < -0.3 is 15.8 Å². The van der Waals surface area contributed by atoms with E-state index >= 15 is 0 Å². The minimum absolute atomic E-state index is 0.0000472. The Morgan fingerprint density at radius 2 is 2.00 bits per heavy atom. The third-order valence-electron chi connectivity index (χ3n) is 3.81. The predicted octanol–water partition coefficient (Wildman–Crippen LogP) is 1.29. The molecule has 0 saturated carbocycles.